The molecule has 2 heterocycles. The number of hydrogen-bond acceptors (Lipinski definition) is 7. The van der Waals surface area contributed by atoms with E-state index in [2.05, 4.69) is 25.5 Å². The average Bonchev–Trinajstić information content (AvgIpc) is 3.24. The molecule has 1 aliphatic rings. The SMILES string of the molecule is COc1ccccc1OCC(=O)NCCNc1cc(N2CCCC2)nc(C)n1. The number of amides is 1. The van der Waals surface area contributed by atoms with Gasteiger partial charge in [0.15, 0.2) is 18.1 Å². The molecule has 1 amide bonds. The molecule has 0 aliphatic carbocycles. The third-order valence-electron chi connectivity index (χ3n) is 4.44. The number of nitrogens with zero attached hydrogens (tertiary/aromatic N) is 3. The van der Waals surface area contributed by atoms with Crippen LogP contribution in [-0.4, -0.2) is 55.8 Å². The Hall–Kier alpha value is -3.03. The Bertz CT molecular complexity index is 793. The highest BCUT2D eigenvalue weighted by atomic mass is 16.5. The summed E-state index contributed by atoms with van der Waals surface area (Å²) in [5, 5.41) is 6.07. The molecule has 8 heteroatoms. The molecule has 1 saturated heterocycles. The molecular weight excluding hydrogens is 358 g/mol. The number of carbonyl (C=O) groups is 1. The molecule has 0 saturated carbocycles. The van der Waals surface area contributed by atoms with Crippen LogP contribution in [-0.2, 0) is 4.79 Å². The van der Waals surface area contributed by atoms with Gasteiger partial charge in [-0.05, 0) is 31.9 Å². The normalized spacial score (nSPS) is 13.3. The van der Waals surface area contributed by atoms with E-state index in [4.69, 9.17) is 9.47 Å². The van der Waals surface area contributed by atoms with Gasteiger partial charge in [0.05, 0.1) is 7.11 Å². The monoisotopic (exact) mass is 385 g/mol. The minimum atomic E-state index is -0.190. The second-order valence-corrected chi connectivity index (χ2v) is 6.57. The van der Waals surface area contributed by atoms with Gasteiger partial charge < -0.3 is 25.0 Å². The lowest BCUT2D eigenvalue weighted by molar-refractivity contribution is -0.123. The molecule has 1 fully saturated rings. The maximum absolute atomic E-state index is 12.0. The van der Waals surface area contributed by atoms with E-state index in [0.717, 1.165) is 30.5 Å². The summed E-state index contributed by atoms with van der Waals surface area (Å²) in [6, 6.07) is 9.20. The topological polar surface area (TPSA) is 88.6 Å². The Kier molecular flexibility index (Phi) is 6.89. The van der Waals surface area contributed by atoms with Gasteiger partial charge in [0.25, 0.3) is 5.91 Å². The highest BCUT2D eigenvalue weighted by Gasteiger charge is 2.15. The minimum absolute atomic E-state index is 0.0634. The van der Waals surface area contributed by atoms with Crippen LogP contribution in [0.2, 0.25) is 0 Å². The second kappa shape index (κ2) is 9.77. The molecule has 150 valence electrons. The molecule has 0 spiro atoms. The number of hydrogen-bond donors (Lipinski definition) is 2. The fourth-order valence-corrected chi connectivity index (χ4v) is 3.08. The number of aryl methyl sites for hydroxylation is 1. The van der Waals surface area contributed by atoms with E-state index in [9.17, 15) is 4.79 Å². The summed E-state index contributed by atoms with van der Waals surface area (Å²) in [5.41, 5.74) is 0. The van der Waals surface area contributed by atoms with Crippen LogP contribution in [0.25, 0.3) is 0 Å². The van der Waals surface area contributed by atoms with Gasteiger partial charge in [0.2, 0.25) is 0 Å². The first-order valence-electron chi connectivity index (χ1n) is 9.53. The Morgan fingerprint density at radius 3 is 2.64 bits per heavy atom. The first kappa shape index (κ1) is 19.7. The number of carbonyl (C=O) groups excluding carboxylic acids is 1. The average molecular weight is 385 g/mol. The summed E-state index contributed by atoms with van der Waals surface area (Å²) in [6.45, 7) is 4.94. The van der Waals surface area contributed by atoms with E-state index in [-0.39, 0.29) is 12.5 Å². The molecule has 1 aromatic carbocycles. The van der Waals surface area contributed by atoms with Crippen molar-refractivity contribution >= 4 is 17.5 Å². The number of nitrogens with one attached hydrogen (secondary N) is 2. The molecule has 28 heavy (non-hydrogen) atoms. The predicted octanol–water partition coefficient (Wildman–Crippen LogP) is 2.00. The van der Waals surface area contributed by atoms with Gasteiger partial charge >= 0.3 is 0 Å². The molecule has 0 atom stereocenters. The first-order chi connectivity index (χ1) is 13.7. The predicted molar refractivity (Wildman–Crippen MR) is 108 cm³/mol. The highest BCUT2D eigenvalue weighted by molar-refractivity contribution is 5.77. The van der Waals surface area contributed by atoms with Crippen molar-refractivity contribution in [1.82, 2.24) is 15.3 Å². The molecule has 2 N–H and O–H groups in total. The van der Waals surface area contributed by atoms with Crippen molar-refractivity contribution in [3.63, 3.8) is 0 Å². The molecule has 8 nitrogen and oxygen atoms in total. The lowest BCUT2D eigenvalue weighted by Crippen LogP contribution is -2.32. The number of ether oxygens (including phenoxy) is 2. The Balaban J connectivity index is 1.41. The molecule has 0 bridgehead atoms. The van der Waals surface area contributed by atoms with Crippen LogP contribution in [0.5, 0.6) is 11.5 Å². The van der Waals surface area contributed by atoms with Gasteiger partial charge in [-0.3, -0.25) is 4.79 Å². The van der Waals surface area contributed by atoms with Crippen molar-refractivity contribution in [3.8, 4) is 11.5 Å². The Labute approximate surface area is 165 Å². The zero-order valence-corrected chi connectivity index (χ0v) is 16.4. The summed E-state index contributed by atoms with van der Waals surface area (Å²) in [6.07, 6.45) is 2.41. The summed E-state index contributed by atoms with van der Waals surface area (Å²) in [4.78, 5) is 23.2. The van der Waals surface area contributed by atoms with Crippen LogP contribution in [0, 0.1) is 6.92 Å². The van der Waals surface area contributed by atoms with Gasteiger partial charge in [0, 0.05) is 32.2 Å². The number of rotatable bonds is 9. The van der Waals surface area contributed by atoms with Gasteiger partial charge in [-0.15, -0.1) is 0 Å². The van der Waals surface area contributed by atoms with Crippen LogP contribution in [0.15, 0.2) is 30.3 Å². The third-order valence-corrected chi connectivity index (χ3v) is 4.44. The smallest absolute Gasteiger partial charge is 0.258 e. The number of methoxy groups -OCH3 is 1. The van der Waals surface area contributed by atoms with Crippen LogP contribution in [0.4, 0.5) is 11.6 Å². The third kappa shape index (κ3) is 5.48. The van der Waals surface area contributed by atoms with Crippen molar-refractivity contribution in [1.29, 1.82) is 0 Å². The minimum Gasteiger partial charge on any atom is -0.493 e. The number of aromatic nitrogens is 2. The van der Waals surface area contributed by atoms with E-state index in [1.807, 2.05) is 25.1 Å². The molecule has 0 unspecified atom stereocenters. The van der Waals surface area contributed by atoms with Crippen molar-refractivity contribution in [2.45, 2.75) is 19.8 Å². The van der Waals surface area contributed by atoms with E-state index < -0.39 is 0 Å². The largest absolute Gasteiger partial charge is 0.493 e. The van der Waals surface area contributed by atoms with E-state index in [1.54, 1.807) is 19.2 Å². The maximum Gasteiger partial charge on any atom is 0.258 e. The fraction of sp³-hybridized carbons (Fsp3) is 0.450. The summed E-state index contributed by atoms with van der Waals surface area (Å²) in [7, 11) is 1.57. The van der Waals surface area contributed by atoms with Crippen LogP contribution in [0.1, 0.15) is 18.7 Å². The molecule has 1 aromatic heterocycles. The molecule has 0 radical (unpaired) electrons. The van der Waals surface area contributed by atoms with Crippen molar-refractivity contribution in [2.24, 2.45) is 0 Å². The number of anilines is 2. The second-order valence-electron chi connectivity index (χ2n) is 6.57. The highest BCUT2D eigenvalue weighted by Crippen LogP contribution is 2.25. The maximum atomic E-state index is 12.0. The fourth-order valence-electron chi connectivity index (χ4n) is 3.08. The summed E-state index contributed by atoms with van der Waals surface area (Å²) >= 11 is 0. The lowest BCUT2D eigenvalue weighted by atomic mass is 10.3. The zero-order valence-electron chi connectivity index (χ0n) is 16.4. The molecule has 3 rings (SSSR count). The number of benzene rings is 1. The van der Waals surface area contributed by atoms with E-state index in [0.29, 0.717) is 24.6 Å². The van der Waals surface area contributed by atoms with Gasteiger partial charge in [-0.1, -0.05) is 12.1 Å². The van der Waals surface area contributed by atoms with Crippen molar-refractivity contribution < 1.29 is 14.3 Å². The molecule has 2 aromatic rings. The van der Waals surface area contributed by atoms with Crippen LogP contribution in [0.3, 0.4) is 0 Å². The number of para-hydroxylation sites is 2. The molecule has 1 aliphatic heterocycles. The quantitative estimate of drug-likeness (QED) is 0.638. The van der Waals surface area contributed by atoms with Crippen LogP contribution < -0.4 is 25.0 Å². The first-order valence-corrected chi connectivity index (χ1v) is 9.53. The Morgan fingerprint density at radius 1 is 1.14 bits per heavy atom. The standard InChI is InChI=1S/C20H27N5O3/c1-15-23-18(13-19(24-15)25-11-5-6-12-25)21-9-10-22-20(26)14-28-17-8-4-3-7-16(17)27-2/h3-4,7-8,13H,5-6,9-12,14H2,1-2H3,(H,22,26)(H,21,23,24). The van der Waals surface area contributed by atoms with Crippen molar-refractivity contribution in [3.05, 3.63) is 36.2 Å². The lowest BCUT2D eigenvalue weighted by Gasteiger charge is -2.17. The molecular formula is C20H27N5O3. The van der Waals surface area contributed by atoms with Crippen molar-refractivity contribution in [2.75, 3.05) is 50.1 Å². The van der Waals surface area contributed by atoms with Gasteiger partial charge in [-0.25, -0.2) is 9.97 Å². The Morgan fingerprint density at radius 2 is 1.89 bits per heavy atom. The van der Waals surface area contributed by atoms with E-state index >= 15 is 0 Å². The van der Waals surface area contributed by atoms with Gasteiger partial charge in [-0.2, -0.15) is 0 Å². The zero-order chi connectivity index (χ0) is 19.8. The van der Waals surface area contributed by atoms with Gasteiger partial charge in [0.1, 0.15) is 17.5 Å². The summed E-state index contributed by atoms with van der Waals surface area (Å²) < 4.78 is 10.7. The van der Waals surface area contributed by atoms with Crippen LogP contribution >= 0.6 is 0 Å². The van der Waals surface area contributed by atoms with E-state index in [1.165, 1.54) is 12.8 Å². The summed E-state index contributed by atoms with van der Waals surface area (Å²) in [5.74, 6) is 3.43.